The van der Waals surface area contributed by atoms with E-state index in [2.05, 4.69) is 31.2 Å². The van der Waals surface area contributed by atoms with E-state index in [-0.39, 0.29) is 11.3 Å². The number of nitrogens with one attached hydrogen (secondary N) is 1. The number of aryl methyl sites for hydroxylation is 1. The summed E-state index contributed by atoms with van der Waals surface area (Å²) in [6, 6.07) is 1.90. The number of rotatable bonds is 1. The lowest BCUT2D eigenvalue weighted by Crippen LogP contribution is -2.16. The molecule has 1 heterocycles. The van der Waals surface area contributed by atoms with Crippen LogP contribution < -0.4 is 5.32 Å². The molecule has 4 heteroatoms. The lowest BCUT2D eigenvalue weighted by molar-refractivity contribution is -0.114. The second-order valence-corrected chi connectivity index (χ2v) is 4.47. The van der Waals surface area contributed by atoms with Crippen LogP contribution in [0.25, 0.3) is 0 Å². The molecule has 0 spiro atoms. The van der Waals surface area contributed by atoms with E-state index >= 15 is 0 Å². The van der Waals surface area contributed by atoms with Gasteiger partial charge in [0.15, 0.2) is 5.82 Å². The maximum Gasteiger partial charge on any atom is 0.222 e. The first-order valence-corrected chi connectivity index (χ1v) is 4.63. The molecule has 0 radical (unpaired) electrons. The Labute approximate surface area is 84.3 Å². The Hall–Kier alpha value is -1.32. The Morgan fingerprint density at radius 2 is 2.07 bits per heavy atom. The molecule has 1 aromatic rings. The summed E-state index contributed by atoms with van der Waals surface area (Å²) in [7, 11) is 1.88. The highest BCUT2D eigenvalue weighted by Gasteiger charge is 2.19. The van der Waals surface area contributed by atoms with E-state index in [0.29, 0.717) is 5.82 Å². The van der Waals surface area contributed by atoms with Gasteiger partial charge in [0.25, 0.3) is 0 Å². The van der Waals surface area contributed by atoms with Crippen molar-refractivity contribution in [2.75, 3.05) is 5.32 Å². The average Bonchev–Trinajstić information content (AvgIpc) is 2.27. The zero-order valence-corrected chi connectivity index (χ0v) is 9.38. The molecule has 0 saturated carbocycles. The molecule has 0 aromatic carbocycles. The van der Waals surface area contributed by atoms with Crippen LogP contribution in [0.15, 0.2) is 6.07 Å². The summed E-state index contributed by atoms with van der Waals surface area (Å²) < 4.78 is 1.80. The normalized spacial score (nSPS) is 11.5. The average molecular weight is 195 g/mol. The van der Waals surface area contributed by atoms with Crippen molar-refractivity contribution in [2.24, 2.45) is 7.05 Å². The number of anilines is 1. The molecule has 0 saturated heterocycles. The van der Waals surface area contributed by atoms with Crippen LogP contribution in [-0.4, -0.2) is 15.7 Å². The van der Waals surface area contributed by atoms with Crippen molar-refractivity contribution in [1.29, 1.82) is 0 Å². The Balaban J connectivity index is 2.99. The van der Waals surface area contributed by atoms with Crippen LogP contribution in [0.4, 0.5) is 5.82 Å². The molecule has 1 rings (SSSR count). The highest BCUT2D eigenvalue weighted by atomic mass is 16.1. The highest BCUT2D eigenvalue weighted by Crippen LogP contribution is 2.23. The van der Waals surface area contributed by atoms with Gasteiger partial charge in [0.05, 0.1) is 0 Å². The zero-order valence-electron chi connectivity index (χ0n) is 9.38. The van der Waals surface area contributed by atoms with E-state index in [1.807, 2.05) is 13.1 Å². The molecule has 0 bridgehead atoms. The molecular formula is C10H17N3O. The van der Waals surface area contributed by atoms with Gasteiger partial charge in [-0.25, -0.2) is 0 Å². The number of aromatic nitrogens is 2. The largest absolute Gasteiger partial charge is 0.309 e. The van der Waals surface area contributed by atoms with Gasteiger partial charge >= 0.3 is 0 Å². The number of carbonyl (C=O) groups excluding carboxylic acids is 1. The van der Waals surface area contributed by atoms with Gasteiger partial charge in [0.1, 0.15) is 0 Å². The number of amides is 1. The van der Waals surface area contributed by atoms with Gasteiger partial charge in [-0.05, 0) is 0 Å². The Kier molecular flexibility index (Phi) is 2.64. The first-order valence-electron chi connectivity index (χ1n) is 4.63. The fourth-order valence-electron chi connectivity index (χ4n) is 1.41. The van der Waals surface area contributed by atoms with Crippen LogP contribution in [0.1, 0.15) is 33.4 Å². The SMILES string of the molecule is CC(=O)Nc1cc(C(C)(C)C)n(C)n1. The zero-order chi connectivity index (χ0) is 10.9. The predicted octanol–water partition coefficient (Wildman–Crippen LogP) is 1.68. The minimum absolute atomic E-state index is 0.0401. The first-order chi connectivity index (χ1) is 6.30. The second kappa shape index (κ2) is 3.44. The summed E-state index contributed by atoms with van der Waals surface area (Å²) >= 11 is 0. The molecule has 14 heavy (non-hydrogen) atoms. The van der Waals surface area contributed by atoms with Crippen molar-refractivity contribution in [3.8, 4) is 0 Å². The van der Waals surface area contributed by atoms with Crippen molar-refractivity contribution >= 4 is 11.7 Å². The molecule has 1 amide bonds. The maximum absolute atomic E-state index is 10.8. The van der Waals surface area contributed by atoms with E-state index in [1.165, 1.54) is 6.92 Å². The molecular weight excluding hydrogens is 178 g/mol. The third-order valence-corrected chi connectivity index (χ3v) is 1.95. The van der Waals surface area contributed by atoms with Gasteiger partial charge < -0.3 is 5.32 Å². The quantitative estimate of drug-likeness (QED) is 0.741. The summed E-state index contributed by atoms with van der Waals surface area (Å²) in [4.78, 5) is 10.8. The van der Waals surface area contributed by atoms with E-state index in [0.717, 1.165) is 5.69 Å². The standard InChI is InChI=1S/C10H17N3O/c1-7(14)11-9-6-8(10(2,3)4)13(5)12-9/h6H,1-5H3,(H,11,12,14). The van der Waals surface area contributed by atoms with Crippen LogP contribution in [0.3, 0.4) is 0 Å². The Morgan fingerprint density at radius 1 is 1.50 bits per heavy atom. The molecule has 0 unspecified atom stereocenters. The summed E-state index contributed by atoms with van der Waals surface area (Å²) in [6.07, 6.45) is 0. The van der Waals surface area contributed by atoms with Crippen LogP contribution in [0.2, 0.25) is 0 Å². The third kappa shape index (κ3) is 2.34. The van der Waals surface area contributed by atoms with Crippen molar-refractivity contribution < 1.29 is 4.79 Å². The molecule has 0 aliphatic carbocycles. The lowest BCUT2D eigenvalue weighted by atomic mass is 9.92. The molecule has 0 aliphatic heterocycles. The van der Waals surface area contributed by atoms with Gasteiger partial charge in [-0.15, -0.1) is 0 Å². The molecule has 0 atom stereocenters. The van der Waals surface area contributed by atoms with Crippen LogP contribution in [0, 0.1) is 0 Å². The van der Waals surface area contributed by atoms with Crippen molar-refractivity contribution in [3.63, 3.8) is 0 Å². The lowest BCUT2D eigenvalue weighted by Gasteiger charge is -2.17. The van der Waals surface area contributed by atoms with Crippen molar-refractivity contribution in [2.45, 2.75) is 33.1 Å². The van der Waals surface area contributed by atoms with Gasteiger partial charge in [-0.1, -0.05) is 20.8 Å². The van der Waals surface area contributed by atoms with Gasteiger partial charge in [-0.3, -0.25) is 9.48 Å². The minimum Gasteiger partial charge on any atom is -0.309 e. The van der Waals surface area contributed by atoms with E-state index in [4.69, 9.17) is 0 Å². The van der Waals surface area contributed by atoms with Crippen LogP contribution in [0.5, 0.6) is 0 Å². The van der Waals surface area contributed by atoms with E-state index in [9.17, 15) is 4.79 Å². The van der Waals surface area contributed by atoms with Gasteiger partial charge in [0, 0.05) is 31.1 Å². The number of hydrogen-bond acceptors (Lipinski definition) is 2. The number of hydrogen-bond donors (Lipinski definition) is 1. The second-order valence-electron chi connectivity index (χ2n) is 4.47. The third-order valence-electron chi connectivity index (χ3n) is 1.95. The van der Waals surface area contributed by atoms with Crippen LogP contribution >= 0.6 is 0 Å². The smallest absolute Gasteiger partial charge is 0.222 e. The van der Waals surface area contributed by atoms with Crippen molar-refractivity contribution in [3.05, 3.63) is 11.8 Å². The number of carbonyl (C=O) groups is 1. The fraction of sp³-hybridized carbons (Fsp3) is 0.600. The topological polar surface area (TPSA) is 46.9 Å². The maximum atomic E-state index is 10.8. The fourth-order valence-corrected chi connectivity index (χ4v) is 1.41. The molecule has 78 valence electrons. The summed E-state index contributed by atoms with van der Waals surface area (Å²) in [5, 5.41) is 6.87. The van der Waals surface area contributed by atoms with Crippen molar-refractivity contribution in [1.82, 2.24) is 9.78 Å². The molecule has 1 N–H and O–H groups in total. The van der Waals surface area contributed by atoms with Crippen LogP contribution in [-0.2, 0) is 17.3 Å². The molecule has 0 fully saturated rings. The number of nitrogens with zero attached hydrogens (tertiary/aromatic N) is 2. The van der Waals surface area contributed by atoms with Gasteiger partial charge in [0.2, 0.25) is 5.91 Å². The Bertz CT molecular complexity index is 347. The predicted molar refractivity (Wildman–Crippen MR) is 56.2 cm³/mol. The summed E-state index contributed by atoms with van der Waals surface area (Å²) in [5.74, 6) is 0.522. The molecule has 0 aliphatic rings. The Morgan fingerprint density at radius 3 is 2.43 bits per heavy atom. The molecule has 1 aromatic heterocycles. The van der Waals surface area contributed by atoms with Gasteiger partial charge in [-0.2, -0.15) is 5.10 Å². The summed E-state index contributed by atoms with van der Waals surface area (Å²) in [5.41, 5.74) is 1.14. The molecule has 4 nitrogen and oxygen atoms in total. The highest BCUT2D eigenvalue weighted by molar-refractivity contribution is 5.87. The van der Waals surface area contributed by atoms with E-state index < -0.39 is 0 Å². The first kappa shape index (κ1) is 10.8. The summed E-state index contributed by atoms with van der Waals surface area (Å²) in [6.45, 7) is 7.82. The minimum atomic E-state index is -0.0939. The van der Waals surface area contributed by atoms with E-state index in [1.54, 1.807) is 4.68 Å². The monoisotopic (exact) mass is 195 g/mol.